The second kappa shape index (κ2) is 12.4. The normalized spacial score (nSPS) is 20.6. The first-order valence-corrected chi connectivity index (χ1v) is 15.7. The summed E-state index contributed by atoms with van der Waals surface area (Å²) in [6.45, 7) is 15.0. The van der Waals surface area contributed by atoms with Crippen LogP contribution in [0.1, 0.15) is 68.2 Å². The molecular formula is C31H42ClN5O5S. The van der Waals surface area contributed by atoms with Gasteiger partial charge >= 0.3 is 12.2 Å². The summed E-state index contributed by atoms with van der Waals surface area (Å²) in [6.07, 6.45) is -0.135. The Hall–Kier alpha value is -3.18. The van der Waals surface area contributed by atoms with E-state index >= 15 is 0 Å². The van der Waals surface area contributed by atoms with Gasteiger partial charge in [-0.2, -0.15) is 9.97 Å². The van der Waals surface area contributed by atoms with E-state index in [0.717, 1.165) is 23.1 Å². The number of likely N-dealkylation sites (N-methyl/N-ethyl adjacent to an activating group) is 1. The van der Waals surface area contributed by atoms with Crippen LogP contribution in [0.4, 0.5) is 21.4 Å². The molecule has 1 saturated carbocycles. The third-order valence-corrected chi connectivity index (χ3v) is 8.80. The quantitative estimate of drug-likeness (QED) is 0.198. The Balaban J connectivity index is 1.82. The lowest BCUT2D eigenvalue weighted by atomic mass is 9.95. The number of carbonyl (C=O) groups excluding carboxylic acids is 2. The molecule has 1 unspecified atom stereocenters. The van der Waals surface area contributed by atoms with E-state index in [9.17, 15) is 9.59 Å². The number of rotatable bonds is 6. The number of amides is 1. The van der Waals surface area contributed by atoms with E-state index in [0.29, 0.717) is 22.3 Å². The predicted octanol–water partition coefficient (Wildman–Crippen LogP) is 7.97. The van der Waals surface area contributed by atoms with Gasteiger partial charge in [-0.1, -0.05) is 44.0 Å². The number of anilines is 2. The smallest absolute Gasteiger partial charge is 0.443 e. The maximum Gasteiger partial charge on any atom is 0.509 e. The van der Waals surface area contributed by atoms with Crippen LogP contribution in [0.2, 0.25) is 5.15 Å². The van der Waals surface area contributed by atoms with Crippen molar-refractivity contribution in [1.82, 2.24) is 15.0 Å². The van der Waals surface area contributed by atoms with Crippen molar-refractivity contribution >= 4 is 57.2 Å². The van der Waals surface area contributed by atoms with E-state index < -0.39 is 29.6 Å². The van der Waals surface area contributed by atoms with Crippen LogP contribution >= 0.6 is 22.9 Å². The van der Waals surface area contributed by atoms with Crippen molar-refractivity contribution < 1.29 is 23.8 Å². The van der Waals surface area contributed by atoms with E-state index in [2.05, 4.69) is 18.8 Å². The third-order valence-electron chi connectivity index (χ3n) is 7.47. The molecule has 0 N–H and O–H groups in total. The van der Waals surface area contributed by atoms with Gasteiger partial charge in [-0.05, 0) is 71.9 Å². The Morgan fingerprint density at radius 3 is 2.28 bits per heavy atom. The summed E-state index contributed by atoms with van der Waals surface area (Å²) in [4.78, 5) is 43.3. The lowest BCUT2D eigenvalue weighted by molar-refractivity contribution is -0.0380. The van der Waals surface area contributed by atoms with E-state index in [1.54, 1.807) is 48.6 Å². The van der Waals surface area contributed by atoms with Gasteiger partial charge in [0.15, 0.2) is 0 Å². The minimum absolute atomic E-state index is 0.0667. The number of fused-ring (bicyclic) bond motifs is 1. The first-order chi connectivity index (χ1) is 20.0. The van der Waals surface area contributed by atoms with Crippen molar-refractivity contribution in [3.8, 4) is 10.6 Å². The predicted molar refractivity (Wildman–Crippen MR) is 171 cm³/mol. The van der Waals surface area contributed by atoms with Crippen LogP contribution in [0.3, 0.4) is 0 Å². The Morgan fingerprint density at radius 2 is 1.67 bits per heavy atom. The summed E-state index contributed by atoms with van der Waals surface area (Å²) >= 11 is 8.39. The van der Waals surface area contributed by atoms with Crippen molar-refractivity contribution in [2.45, 2.75) is 91.6 Å². The van der Waals surface area contributed by atoms with Gasteiger partial charge in [-0.25, -0.2) is 19.5 Å². The molecule has 2 heterocycles. The number of hydrogen-bond donors (Lipinski definition) is 0. The molecule has 4 rings (SSSR count). The second-order valence-electron chi connectivity index (χ2n) is 13.0. The summed E-state index contributed by atoms with van der Waals surface area (Å²) in [5.74, 6) is 0.911. The fourth-order valence-electron chi connectivity index (χ4n) is 5.31. The molecule has 0 radical (unpaired) electrons. The maximum atomic E-state index is 13.0. The van der Waals surface area contributed by atoms with Crippen molar-refractivity contribution in [1.29, 1.82) is 0 Å². The average molecular weight is 632 g/mol. The molecule has 1 aliphatic carbocycles. The number of ether oxygens (including phenoxy) is 3. The van der Waals surface area contributed by atoms with Crippen molar-refractivity contribution in [3.63, 3.8) is 0 Å². The number of nitrogens with zero attached hydrogens (tertiary/aromatic N) is 5. The summed E-state index contributed by atoms with van der Waals surface area (Å²) in [7, 11) is 3.44. The van der Waals surface area contributed by atoms with Crippen molar-refractivity contribution in [3.05, 3.63) is 29.4 Å². The number of carbonyl (C=O) groups is 2. The van der Waals surface area contributed by atoms with Crippen LogP contribution in [0, 0.1) is 11.8 Å². The zero-order chi connectivity index (χ0) is 31.9. The number of para-hydroxylation sites is 1. The minimum Gasteiger partial charge on any atom is -0.443 e. The Labute approximate surface area is 262 Å². The van der Waals surface area contributed by atoms with Crippen LogP contribution in [0.5, 0.6) is 0 Å². The van der Waals surface area contributed by atoms with Gasteiger partial charge in [0.25, 0.3) is 0 Å². The Kier molecular flexibility index (Phi) is 9.47. The van der Waals surface area contributed by atoms with Gasteiger partial charge in [0, 0.05) is 14.1 Å². The molecule has 10 nitrogen and oxygen atoms in total. The molecule has 1 aliphatic rings. The van der Waals surface area contributed by atoms with Gasteiger partial charge in [0.2, 0.25) is 5.95 Å². The zero-order valence-corrected chi connectivity index (χ0v) is 28.2. The number of benzene rings is 1. The van der Waals surface area contributed by atoms with E-state index in [1.807, 2.05) is 36.2 Å². The van der Waals surface area contributed by atoms with Crippen molar-refractivity contribution in [2.24, 2.45) is 11.8 Å². The molecule has 43 heavy (non-hydrogen) atoms. The van der Waals surface area contributed by atoms with Gasteiger partial charge in [-0.3, -0.25) is 0 Å². The third kappa shape index (κ3) is 7.49. The maximum absolute atomic E-state index is 13.0. The van der Waals surface area contributed by atoms with Crippen LogP contribution in [-0.2, 0) is 14.2 Å². The Bertz CT molecular complexity index is 1450. The fraction of sp³-hybridized carbons (Fsp3) is 0.581. The fourth-order valence-corrected chi connectivity index (χ4v) is 6.63. The number of halogens is 1. The highest BCUT2D eigenvalue weighted by atomic mass is 35.5. The molecule has 0 saturated heterocycles. The molecule has 1 fully saturated rings. The molecular weight excluding hydrogens is 590 g/mol. The molecule has 0 bridgehead atoms. The highest BCUT2D eigenvalue weighted by Crippen LogP contribution is 2.44. The largest absolute Gasteiger partial charge is 0.509 e. The standard InChI is InChI=1S/C31H42ClN5O5S/c1-11-18-16-20(23(17(18)2)40-29(39)42-31(6,7)8)36(9)25-22(26-33-19-14-12-13-15-21(19)43-26)24(32)34-27(35-25)37(10)28(38)41-30(3,4)5/h12-15,17-18,20,23H,11,16H2,1-10H3/t17-,18+,20-,23?/m1/s1. The number of aromatic nitrogens is 3. The molecule has 4 atom stereocenters. The molecule has 0 spiro atoms. The summed E-state index contributed by atoms with van der Waals surface area (Å²) in [5.41, 5.74) is -0.0350. The van der Waals surface area contributed by atoms with Gasteiger partial charge < -0.3 is 19.1 Å². The van der Waals surface area contributed by atoms with Crippen LogP contribution < -0.4 is 9.80 Å². The van der Waals surface area contributed by atoms with Gasteiger partial charge in [-0.15, -0.1) is 11.3 Å². The van der Waals surface area contributed by atoms with E-state index in [-0.39, 0.29) is 23.1 Å². The number of thiazole rings is 1. The van der Waals surface area contributed by atoms with E-state index in [4.69, 9.17) is 35.8 Å². The van der Waals surface area contributed by atoms with E-state index in [1.165, 1.54) is 16.2 Å². The molecule has 234 valence electrons. The average Bonchev–Trinajstić information content (AvgIpc) is 3.46. The highest BCUT2D eigenvalue weighted by molar-refractivity contribution is 7.21. The monoisotopic (exact) mass is 631 g/mol. The first-order valence-electron chi connectivity index (χ1n) is 14.5. The molecule has 12 heteroatoms. The van der Waals surface area contributed by atoms with Gasteiger partial charge in [0.1, 0.15) is 33.3 Å². The summed E-state index contributed by atoms with van der Waals surface area (Å²) in [6, 6.07) is 7.56. The van der Waals surface area contributed by atoms with Crippen LogP contribution in [0.15, 0.2) is 24.3 Å². The topological polar surface area (TPSA) is 107 Å². The molecule has 1 aromatic carbocycles. The first kappa shape index (κ1) is 32.7. The second-order valence-corrected chi connectivity index (χ2v) is 14.4. The summed E-state index contributed by atoms with van der Waals surface area (Å²) in [5, 5.41) is 0.784. The summed E-state index contributed by atoms with van der Waals surface area (Å²) < 4.78 is 18.1. The minimum atomic E-state index is -0.711. The van der Waals surface area contributed by atoms with Crippen molar-refractivity contribution in [2.75, 3.05) is 23.9 Å². The lowest BCUT2D eigenvalue weighted by Crippen LogP contribution is -2.43. The highest BCUT2D eigenvalue weighted by Gasteiger charge is 2.46. The Morgan fingerprint density at radius 1 is 1.02 bits per heavy atom. The molecule has 3 aromatic rings. The van der Waals surface area contributed by atoms with Crippen LogP contribution in [-0.4, -0.2) is 64.6 Å². The van der Waals surface area contributed by atoms with Crippen LogP contribution in [0.25, 0.3) is 20.8 Å². The molecule has 2 aromatic heterocycles. The number of hydrogen-bond acceptors (Lipinski definition) is 10. The zero-order valence-electron chi connectivity index (χ0n) is 26.6. The molecule has 0 aliphatic heterocycles. The molecule has 1 amide bonds. The lowest BCUT2D eigenvalue weighted by Gasteiger charge is -2.33. The SMILES string of the molecule is CC[C@H]1C[C@@H](N(C)c2nc(N(C)C(=O)OC(C)(C)C)nc(Cl)c2-c2nc3ccccc3s2)C(OC(=O)OC(C)(C)C)[C@@H]1C. The van der Waals surface area contributed by atoms with Gasteiger partial charge in [0.05, 0.1) is 21.8 Å².